The fraction of sp³-hybridized carbons (Fsp3) is 0.389. The number of nitrogens with one attached hydrogen (secondary N) is 1. The maximum absolute atomic E-state index is 5.96. The molecule has 2 rings (SSSR count). The summed E-state index contributed by atoms with van der Waals surface area (Å²) < 4.78 is 11.3. The molecule has 1 aromatic heterocycles. The fourth-order valence-corrected chi connectivity index (χ4v) is 2.35. The van der Waals surface area contributed by atoms with Gasteiger partial charge in [0.05, 0.1) is 7.11 Å². The Labute approximate surface area is 138 Å². The lowest BCUT2D eigenvalue weighted by Gasteiger charge is -2.19. The first kappa shape index (κ1) is 17.2. The summed E-state index contributed by atoms with van der Waals surface area (Å²) in [6.07, 6.45) is 1.73. The maximum Gasteiger partial charge on any atom is 0.223 e. The van der Waals surface area contributed by atoms with Gasteiger partial charge in [0.2, 0.25) is 5.88 Å². The van der Waals surface area contributed by atoms with Gasteiger partial charge < -0.3 is 19.7 Å². The lowest BCUT2D eigenvalue weighted by Crippen LogP contribution is -2.35. The largest absolute Gasteiger partial charge is 0.493 e. The van der Waals surface area contributed by atoms with E-state index in [0.29, 0.717) is 30.0 Å². The van der Waals surface area contributed by atoms with Crippen LogP contribution in [-0.4, -0.2) is 43.7 Å². The first-order chi connectivity index (χ1) is 11.1. The molecule has 124 valence electrons. The lowest BCUT2D eigenvalue weighted by molar-refractivity contribution is 0.346. The molecule has 0 saturated heterocycles. The van der Waals surface area contributed by atoms with Gasteiger partial charge in [-0.3, -0.25) is 0 Å². The SMILES string of the molecule is COc1ccccc1Oc1ncccc1CN[C@@H](C)CN(C)C. The van der Waals surface area contributed by atoms with Crippen molar-refractivity contribution >= 4 is 0 Å². The standard InChI is InChI=1S/C18H25N3O2/c1-14(13-21(2)3)20-12-15-8-7-11-19-18(15)23-17-10-6-5-9-16(17)22-4/h5-11,14,20H,12-13H2,1-4H3/t14-/m0/s1. The number of hydrogen-bond donors (Lipinski definition) is 1. The fourth-order valence-electron chi connectivity index (χ4n) is 2.35. The third kappa shape index (κ3) is 5.23. The second-order valence-corrected chi connectivity index (χ2v) is 5.76. The van der Waals surface area contributed by atoms with Gasteiger partial charge in [-0.05, 0) is 39.2 Å². The predicted molar refractivity (Wildman–Crippen MR) is 92.2 cm³/mol. The number of hydrogen-bond acceptors (Lipinski definition) is 5. The number of para-hydroxylation sites is 2. The van der Waals surface area contributed by atoms with Crippen molar-refractivity contribution in [2.24, 2.45) is 0 Å². The Morgan fingerprint density at radius 3 is 2.57 bits per heavy atom. The summed E-state index contributed by atoms with van der Waals surface area (Å²) in [5.74, 6) is 1.95. The highest BCUT2D eigenvalue weighted by atomic mass is 16.5. The van der Waals surface area contributed by atoms with E-state index in [9.17, 15) is 0 Å². The lowest BCUT2D eigenvalue weighted by atomic mass is 10.2. The molecule has 1 aromatic carbocycles. The molecule has 0 radical (unpaired) electrons. The number of benzene rings is 1. The van der Waals surface area contributed by atoms with Crippen LogP contribution in [0.25, 0.3) is 0 Å². The van der Waals surface area contributed by atoms with E-state index < -0.39 is 0 Å². The third-order valence-electron chi connectivity index (χ3n) is 3.41. The Bertz CT molecular complexity index is 617. The molecule has 0 spiro atoms. The molecule has 5 nitrogen and oxygen atoms in total. The molecule has 0 bridgehead atoms. The molecule has 0 fully saturated rings. The Hall–Kier alpha value is -2.11. The van der Waals surface area contributed by atoms with E-state index in [0.717, 1.165) is 12.1 Å². The van der Waals surface area contributed by atoms with Crippen molar-refractivity contribution in [2.75, 3.05) is 27.7 Å². The molecule has 0 aliphatic heterocycles. The molecule has 0 aliphatic rings. The number of rotatable bonds is 8. The number of ether oxygens (including phenoxy) is 2. The molecule has 0 amide bonds. The van der Waals surface area contributed by atoms with E-state index in [-0.39, 0.29) is 0 Å². The van der Waals surface area contributed by atoms with Gasteiger partial charge in [0.25, 0.3) is 0 Å². The molecular weight excluding hydrogens is 290 g/mol. The zero-order valence-electron chi connectivity index (χ0n) is 14.2. The van der Waals surface area contributed by atoms with Crippen LogP contribution in [0.3, 0.4) is 0 Å². The minimum absolute atomic E-state index is 0.379. The topological polar surface area (TPSA) is 46.6 Å². The average molecular weight is 315 g/mol. The molecule has 1 heterocycles. The minimum atomic E-state index is 0.379. The van der Waals surface area contributed by atoms with Crippen molar-refractivity contribution in [1.82, 2.24) is 15.2 Å². The van der Waals surface area contributed by atoms with E-state index in [1.807, 2.05) is 36.4 Å². The summed E-state index contributed by atoms with van der Waals surface area (Å²) in [6, 6.07) is 11.9. The average Bonchev–Trinajstić information content (AvgIpc) is 2.54. The summed E-state index contributed by atoms with van der Waals surface area (Å²) in [7, 11) is 5.77. The van der Waals surface area contributed by atoms with Gasteiger partial charge >= 0.3 is 0 Å². The monoisotopic (exact) mass is 315 g/mol. The normalized spacial score (nSPS) is 12.2. The molecule has 23 heavy (non-hydrogen) atoms. The highest BCUT2D eigenvalue weighted by Gasteiger charge is 2.11. The Kier molecular flexibility index (Phi) is 6.38. The third-order valence-corrected chi connectivity index (χ3v) is 3.41. The van der Waals surface area contributed by atoms with Crippen molar-refractivity contribution in [3.05, 3.63) is 48.2 Å². The summed E-state index contributed by atoms with van der Waals surface area (Å²) >= 11 is 0. The number of pyridine rings is 1. The van der Waals surface area contributed by atoms with Crippen LogP contribution in [-0.2, 0) is 6.54 Å². The van der Waals surface area contributed by atoms with Crippen LogP contribution >= 0.6 is 0 Å². The number of nitrogens with zero attached hydrogens (tertiary/aromatic N) is 2. The molecule has 5 heteroatoms. The Morgan fingerprint density at radius 2 is 1.87 bits per heavy atom. The van der Waals surface area contributed by atoms with Crippen molar-refractivity contribution in [3.63, 3.8) is 0 Å². The second-order valence-electron chi connectivity index (χ2n) is 5.76. The highest BCUT2D eigenvalue weighted by molar-refractivity contribution is 5.42. The van der Waals surface area contributed by atoms with E-state index in [2.05, 4.69) is 36.2 Å². The molecular formula is C18H25N3O2. The van der Waals surface area contributed by atoms with Gasteiger partial charge in [-0.15, -0.1) is 0 Å². The molecule has 0 aliphatic carbocycles. The molecule has 2 aromatic rings. The Morgan fingerprint density at radius 1 is 1.13 bits per heavy atom. The maximum atomic E-state index is 5.96. The van der Waals surface area contributed by atoms with Crippen molar-refractivity contribution in [2.45, 2.75) is 19.5 Å². The zero-order valence-corrected chi connectivity index (χ0v) is 14.2. The van der Waals surface area contributed by atoms with Gasteiger partial charge in [-0.1, -0.05) is 18.2 Å². The van der Waals surface area contributed by atoms with Gasteiger partial charge in [-0.2, -0.15) is 0 Å². The zero-order chi connectivity index (χ0) is 16.7. The van der Waals surface area contributed by atoms with Crippen LogP contribution in [0.1, 0.15) is 12.5 Å². The number of likely N-dealkylation sites (N-methyl/N-ethyl adjacent to an activating group) is 1. The molecule has 1 N–H and O–H groups in total. The summed E-state index contributed by atoms with van der Waals surface area (Å²) in [6.45, 7) is 3.84. The smallest absolute Gasteiger partial charge is 0.223 e. The molecule has 0 unspecified atom stereocenters. The number of methoxy groups -OCH3 is 1. The Balaban J connectivity index is 2.08. The number of aromatic nitrogens is 1. The van der Waals surface area contributed by atoms with Crippen LogP contribution < -0.4 is 14.8 Å². The van der Waals surface area contributed by atoms with E-state index in [4.69, 9.17) is 9.47 Å². The van der Waals surface area contributed by atoms with Crippen LogP contribution in [0.15, 0.2) is 42.6 Å². The van der Waals surface area contributed by atoms with Crippen molar-refractivity contribution in [3.8, 4) is 17.4 Å². The highest BCUT2D eigenvalue weighted by Crippen LogP contribution is 2.31. The predicted octanol–water partition coefficient (Wildman–Crippen LogP) is 2.92. The van der Waals surface area contributed by atoms with Crippen LogP contribution in [0, 0.1) is 0 Å². The second kappa shape index (κ2) is 8.50. The van der Waals surface area contributed by atoms with E-state index >= 15 is 0 Å². The quantitative estimate of drug-likeness (QED) is 0.811. The molecule has 0 saturated carbocycles. The van der Waals surface area contributed by atoms with Crippen molar-refractivity contribution < 1.29 is 9.47 Å². The first-order valence-electron chi connectivity index (χ1n) is 7.73. The van der Waals surface area contributed by atoms with Gasteiger partial charge in [0.15, 0.2) is 11.5 Å². The molecule has 1 atom stereocenters. The minimum Gasteiger partial charge on any atom is -0.493 e. The van der Waals surface area contributed by atoms with E-state index in [1.165, 1.54) is 0 Å². The first-order valence-corrected chi connectivity index (χ1v) is 7.73. The van der Waals surface area contributed by atoms with Gasteiger partial charge in [0.1, 0.15) is 0 Å². The van der Waals surface area contributed by atoms with Gasteiger partial charge in [-0.25, -0.2) is 4.98 Å². The summed E-state index contributed by atoms with van der Waals surface area (Å²) in [4.78, 5) is 6.52. The van der Waals surface area contributed by atoms with Gasteiger partial charge in [0, 0.05) is 30.9 Å². The van der Waals surface area contributed by atoms with Crippen molar-refractivity contribution in [1.29, 1.82) is 0 Å². The van der Waals surface area contributed by atoms with E-state index in [1.54, 1.807) is 13.3 Å². The van der Waals surface area contributed by atoms with Crippen LogP contribution in [0.5, 0.6) is 17.4 Å². The summed E-state index contributed by atoms with van der Waals surface area (Å²) in [5, 5.41) is 3.49. The van der Waals surface area contributed by atoms with Crippen LogP contribution in [0.4, 0.5) is 0 Å². The summed E-state index contributed by atoms with van der Waals surface area (Å²) in [5.41, 5.74) is 1.02. The van der Waals surface area contributed by atoms with Crippen LogP contribution in [0.2, 0.25) is 0 Å².